The Balaban J connectivity index is 0.000000883. The molecule has 3 aliphatic heterocycles. The first-order valence-electron chi connectivity index (χ1n) is 10.7. The molecule has 2 N–H and O–H groups in total. The summed E-state index contributed by atoms with van der Waals surface area (Å²) in [6, 6.07) is 1.58. The lowest BCUT2D eigenvalue weighted by atomic mass is 9.85. The Morgan fingerprint density at radius 1 is 1.04 bits per heavy atom. The minimum Gasteiger partial charge on any atom is -0.333 e. The van der Waals surface area contributed by atoms with Crippen LogP contribution in [0, 0.1) is 0 Å². The van der Waals surface area contributed by atoms with Gasteiger partial charge < -0.3 is 15.5 Å². The summed E-state index contributed by atoms with van der Waals surface area (Å²) in [5.74, 6) is 0. The van der Waals surface area contributed by atoms with Gasteiger partial charge in [0.1, 0.15) is 0 Å². The molecule has 2 unspecified atom stereocenters. The van der Waals surface area contributed by atoms with Crippen molar-refractivity contribution < 1.29 is 7.65 Å². The lowest BCUT2D eigenvalue weighted by Gasteiger charge is -2.49. The topological polar surface area (TPSA) is 47.6 Å². The normalized spacial score (nSPS) is 33.2. The van der Waals surface area contributed by atoms with Crippen LogP contribution in [0.3, 0.4) is 0 Å². The van der Waals surface area contributed by atoms with Crippen LogP contribution in [0.25, 0.3) is 0 Å². The SMILES string of the molecule is CC.CC1(N2CCC(N3C(=O)NC4CCCCC43)CC2)CCNCC1.[HH].[HH]. The number of fused-ring (bicyclic) bond motifs is 1. The van der Waals surface area contributed by atoms with Gasteiger partial charge in [0.05, 0.1) is 12.1 Å². The average Bonchev–Trinajstić information content (AvgIpc) is 3.00. The number of nitrogens with zero attached hydrogens (tertiary/aromatic N) is 2. The Hall–Kier alpha value is -0.810. The van der Waals surface area contributed by atoms with Crippen molar-refractivity contribution in [3.8, 4) is 0 Å². The predicted molar refractivity (Wildman–Crippen MR) is 107 cm³/mol. The second kappa shape index (κ2) is 8.26. The summed E-state index contributed by atoms with van der Waals surface area (Å²) in [5.41, 5.74) is 0.372. The molecular formula is C20H42N4O. The molecule has 0 radical (unpaired) electrons. The molecule has 4 aliphatic rings. The third-order valence-corrected chi connectivity index (χ3v) is 6.93. The number of hydrogen-bond donors (Lipinski definition) is 2. The number of amides is 2. The molecule has 2 atom stereocenters. The molecule has 3 saturated heterocycles. The van der Waals surface area contributed by atoms with Crippen LogP contribution in [0.5, 0.6) is 0 Å². The average molecular weight is 355 g/mol. The quantitative estimate of drug-likeness (QED) is 0.798. The van der Waals surface area contributed by atoms with Crippen molar-refractivity contribution in [2.45, 2.75) is 95.8 Å². The van der Waals surface area contributed by atoms with Gasteiger partial charge in [0.25, 0.3) is 0 Å². The van der Waals surface area contributed by atoms with E-state index in [-0.39, 0.29) is 8.88 Å². The van der Waals surface area contributed by atoms with Crippen molar-refractivity contribution in [3.63, 3.8) is 0 Å². The van der Waals surface area contributed by atoms with E-state index < -0.39 is 0 Å². The molecule has 1 aliphatic carbocycles. The van der Waals surface area contributed by atoms with Gasteiger partial charge >= 0.3 is 6.03 Å². The van der Waals surface area contributed by atoms with Crippen LogP contribution >= 0.6 is 0 Å². The van der Waals surface area contributed by atoms with Crippen LogP contribution < -0.4 is 10.6 Å². The van der Waals surface area contributed by atoms with E-state index in [1.807, 2.05) is 13.8 Å². The molecule has 3 heterocycles. The van der Waals surface area contributed by atoms with Gasteiger partial charge in [-0.1, -0.05) is 26.7 Å². The molecule has 0 aromatic heterocycles. The Bertz CT molecular complexity index is 451. The summed E-state index contributed by atoms with van der Waals surface area (Å²) in [5, 5.41) is 6.73. The molecule has 0 bridgehead atoms. The molecule has 0 spiro atoms. The molecule has 148 valence electrons. The van der Waals surface area contributed by atoms with E-state index in [4.69, 9.17) is 0 Å². The lowest BCUT2D eigenvalue weighted by Crippen LogP contribution is -2.58. The minimum absolute atomic E-state index is 0. The highest BCUT2D eigenvalue weighted by Crippen LogP contribution is 2.34. The fourth-order valence-corrected chi connectivity index (χ4v) is 5.40. The molecule has 4 fully saturated rings. The maximum atomic E-state index is 12.5. The zero-order valence-electron chi connectivity index (χ0n) is 16.5. The first-order valence-corrected chi connectivity index (χ1v) is 10.7. The summed E-state index contributed by atoms with van der Waals surface area (Å²) < 4.78 is 0. The van der Waals surface area contributed by atoms with Crippen LogP contribution in [-0.4, -0.2) is 65.7 Å². The van der Waals surface area contributed by atoms with E-state index in [9.17, 15) is 4.79 Å². The number of likely N-dealkylation sites (tertiary alicyclic amines) is 1. The number of nitrogens with one attached hydrogen (secondary N) is 2. The van der Waals surface area contributed by atoms with E-state index >= 15 is 0 Å². The summed E-state index contributed by atoms with van der Waals surface area (Å²) in [4.78, 5) is 17.4. The van der Waals surface area contributed by atoms with Crippen molar-refractivity contribution in [1.29, 1.82) is 0 Å². The maximum Gasteiger partial charge on any atom is 0.318 e. The molecule has 5 heteroatoms. The summed E-state index contributed by atoms with van der Waals surface area (Å²) in [6.45, 7) is 11.0. The van der Waals surface area contributed by atoms with Gasteiger partial charge in [0.2, 0.25) is 0 Å². The van der Waals surface area contributed by atoms with E-state index in [0.717, 1.165) is 39.0 Å². The van der Waals surface area contributed by atoms with Crippen LogP contribution in [0.2, 0.25) is 0 Å². The number of piperidine rings is 2. The van der Waals surface area contributed by atoms with E-state index in [2.05, 4.69) is 27.4 Å². The van der Waals surface area contributed by atoms with Crippen LogP contribution in [0.4, 0.5) is 4.79 Å². The first kappa shape index (κ1) is 19.0. The van der Waals surface area contributed by atoms with Crippen LogP contribution in [0.1, 0.15) is 75.0 Å². The van der Waals surface area contributed by atoms with Crippen molar-refractivity contribution in [2.75, 3.05) is 26.2 Å². The molecule has 0 aromatic rings. The largest absolute Gasteiger partial charge is 0.333 e. The molecule has 0 aromatic carbocycles. The predicted octanol–water partition coefficient (Wildman–Crippen LogP) is 3.45. The van der Waals surface area contributed by atoms with E-state index in [1.54, 1.807) is 0 Å². The number of rotatable bonds is 2. The highest BCUT2D eigenvalue weighted by atomic mass is 16.2. The smallest absolute Gasteiger partial charge is 0.318 e. The van der Waals surface area contributed by atoms with Gasteiger partial charge in [0, 0.05) is 27.5 Å². The summed E-state index contributed by atoms with van der Waals surface area (Å²) in [6.07, 6.45) is 9.76. The monoisotopic (exact) mass is 354 g/mol. The number of urea groups is 1. The van der Waals surface area contributed by atoms with Gasteiger partial charge in [-0.25, -0.2) is 4.79 Å². The van der Waals surface area contributed by atoms with Crippen molar-refractivity contribution in [2.24, 2.45) is 0 Å². The summed E-state index contributed by atoms with van der Waals surface area (Å²) in [7, 11) is 0. The van der Waals surface area contributed by atoms with Gasteiger partial charge in [-0.05, 0) is 58.5 Å². The zero-order valence-corrected chi connectivity index (χ0v) is 16.5. The van der Waals surface area contributed by atoms with Gasteiger partial charge in [-0.2, -0.15) is 0 Å². The molecule has 4 rings (SSSR count). The zero-order chi connectivity index (χ0) is 17.9. The molecular weight excluding hydrogens is 312 g/mol. The highest BCUT2D eigenvalue weighted by molar-refractivity contribution is 5.78. The number of carbonyl (C=O) groups is 1. The van der Waals surface area contributed by atoms with Crippen molar-refractivity contribution in [3.05, 3.63) is 0 Å². The van der Waals surface area contributed by atoms with Crippen molar-refractivity contribution >= 4 is 6.03 Å². The molecule has 5 nitrogen and oxygen atoms in total. The highest BCUT2D eigenvalue weighted by Gasteiger charge is 2.45. The van der Waals surface area contributed by atoms with Crippen LogP contribution in [-0.2, 0) is 0 Å². The second-order valence-corrected chi connectivity index (χ2v) is 8.28. The Kier molecular flexibility index (Phi) is 6.26. The number of hydrogen-bond acceptors (Lipinski definition) is 3. The van der Waals surface area contributed by atoms with E-state index in [1.165, 1.54) is 38.5 Å². The Morgan fingerprint density at radius 3 is 2.36 bits per heavy atom. The second-order valence-electron chi connectivity index (χ2n) is 8.28. The molecule has 2 amide bonds. The lowest BCUT2D eigenvalue weighted by molar-refractivity contribution is 0.0239. The maximum absolute atomic E-state index is 12.5. The van der Waals surface area contributed by atoms with Crippen molar-refractivity contribution in [1.82, 2.24) is 20.4 Å². The fourth-order valence-electron chi connectivity index (χ4n) is 5.40. The van der Waals surface area contributed by atoms with Gasteiger partial charge in [0.15, 0.2) is 0 Å². The number of carbonyl (C=O) groups excluding carboxylic acids is 1. The fraction of sp³-hybridized carbons (Fsp3) is 0.950. The standard InChI is InChI=1S/C18H32N4O.C2H6.2H2/c1-18(8-10-19-11-9-18)21-12-6-14(7-13-21)22-16-5-3-2-4-15(16)20-17(22)23;1-2;;/h14-16,19H,2-13H2,1H3,(H,20,23);1-2H3;2*1H. The Labute approximate surface area is 156 Å². The first-order chi connectivity index (χ1) is 12.2. The third kappa shape index (κ3) is 3.82. The Morgan fingerprint density at radius 2 is 1.68 bits per heavy atom. The van der Waals surface area contributed by atoms with Gasteiger partial charge in [-0.3, -0.25) is 4.90 Å². The van der Waals surface area contributed by atoms with Crippen LogP contribution in [0.15, 0.2) is 0 Å². The molecule has 25 heavy (non-hydrogen) atoms. The van der Waals surface area contributed by atoms with E-state index in [0.29, 0.717) is 23.7 Å². The van der Waals surface area contributed by atoms with Gasteiger partial charge in [-0.15, -0.1) is 0 Å². The minimum atomic E-state index is 0. The summed E-state index contributed by atoms with van der Waals surface area (Å²) >= 11 is 0. The molecule has 1 saturated carbocycles. The third-order valence-electron chi connectivity index (χ3n) is 6.93.